The molecule has 0 radical (unpaired) electrons. The molecular weight excluding hydrogens is 232 g/mol. The summed E-state index contributed by atoms with van der Waals surface area (Å²) >= 11 is 0. The zero-order valence-corrected chi connectivity index (χ0v) is 10.6. The highest BCUT2D eigenvalue weighted by Gasteiger charge is 2.01. The van der Waals surface area contributed by atoms with E-state index in [2.05, 4.69) is 0 Å². The van der Waals surface area contributed by atoms with Crippen molar-refractivity contribution in [3.05, 3.63) is 42.0 Å². The maximum Gasteiger partial charge on any atom is 0.327 e. The van der Waals surface area contributed by atoms with Gasteiger partial charge in [0.1, 0.15) is 5.75 Å². The van der Waals surface area contributed by atoms with Crippen LogP contribution in [0.25, 0.3) is 0 Å². The zero-order chi connectivity index (χ0) is 13.4. The van der Waals surface area contributed by atoms with Crippen LogP contribution in [0, 0.1) is 0 Å². The molecule has 0 fully saturated rings. The molecule has 98 valence electrons. The predicted molar refractivity (Wildman–Crippen MR) is 68.6 cm³/mol. The molecule has 0 aliphatic heterocycles. The standard InChI is InChI=1S/C14H18O4/c1-11(4-3-5-14(15)16)18-10-12-6-8-13(17-2)9-7-12/h3,5-9,11H,4,10H2,1-2H3,(H,15,16)/b5-3+/t11-/m1/s1. The number of aliphatic carboxylic acids is 1. The summed E-state index contributed by atoms with van der Waals surface area (Å²) in [5.74, 6) is -0.117. The van der Waals surface area contributed by atoms with Crippen LogP contribution in [-0.2, 0) is 16.1 Å². The molecule has 1 N–H and O–H groups in total. The fraction of sp³-hybridized carbons (Fsp3) is 0.357. The molecule has 4 heteroatoms. The Balaban J connectivity index is 2.32. The molecule has 0 saturated carbocycles. The highest BCUT2D eigenvalue weighted by Crippen LogP contribution is 2.13. The van der Waals surface area contributed by atoms with Crippen LogP contribution < -0.4 is 4.74 Å². The summed E-state index contributed by atoms with van der Waals surface area (Å²) in [6.07, 6.45) is 3.30. The van der Waals surface area contributed by atoms with E-state index in [0.29, 0.717) is 13.0 Å². The van der Waals surface area contributed by atoms with E-state index in [1.165, 1.54) is 0 Å². The summed E-state index contributed by atoms with van der Waals surface area (Å²) in [6.45, 7) is 2.42. The number of methoxy groups -OCH3 is 1. The number of carbonyl (C=O) groups is 1. The molecule has 0 saturated heterocycles. The summed E-state index contributed by atoms with van der Waals surface area (Å²) in [5, 5.41) is 8.44. The molecule has 0 aromatic heterocycles. The normalized spacial score (nSPS) is 12.6. The first kappa shape index (κ1) is 14.3. The summed E-state index contributed by atoms with van der Waals surface area (Å²) in [6, 6.07) is 7.65. The van der Waals surface area contributed by atoms with Gasteiger partial charge in [-0.05, 0) is 31.0 Å². The van der Waals surface area contributed by atoms with Gasteiger partial charge in [0.2, 0.25) is 0 Å². The molecule has 0 amide bonds. The molecule has 1 atom stereocenters. The Bertz CT molecular complexity index is 395. The highest BCUT2D eigenvalue weighted by molar-refractivity contribution is 5.79. The summed E-state index contributed by atoms with van der Waals surface area (Å²) in [7, 11) is 1.63. The lowest BCUT2D eigenvalue weighted by atomic mass is 10.2. The molecule has 1 aromatic rings. The largest absolute Gasteiger partial charge is 0.497 e. The number of ether oxygens (including phenoxy) is 2. The third kappa shape index (κ3) is 5.50. The van der Waals surface area contributed by atoms with E-state index in [0.717, 1.165) is 17.4 Å². The number of hydrogen-bond acceptors (Lipinski definition) is 3. The summed E-state index contributed by atoms with van der Waals surface area (Å²) in [4.78, 5) is 10.3. The van der Waals surface area contributed by atoms with Crippen LogP contribution >= 0.6 is 0 Å². The Morgan fingerprint density at radius 2 is 2.06 bits per heavy atom. The third-order valence-corrected chi connectivity index (χ3v) is 2.42. The van der Waals surface area contributed by atoms with Crippen LogP contribution in [0.3, 0.4) is 0 Å². The Morgan fingerprint density at radius 1 is 1.39 bits per heavy atom. The van der Waals surface area contributed by atoms with Crippen molar-refractivity contribution in [2.75, 3.05) is 7.11 Å². The van der Waals surface area contributed by atoms with Gasteiger partial charge in [-0.3, -0.25) is 0 Å². The molecule has 1 aromatic carbocycles. The van der Waals surface area contributed by atoms with Crippen LogP contribution in [0.5, 0.6) is 5.75 Å². The van der Waals surface area contributed by atoms with Gasteiger partial charge < -0.3 is 14.6 Å². The zero-order valence-electron chi connectivity index (χ0n) is 10.6. The Hall–Kier alpha value is -1.81. The van der Waals surface area contributed by atoms with Crippen molar-refractivity contribution in [1.82, 2.24) is 0 Å². The maximum absolute atomic E-state index is 10.3. The van der Waals surface area contributed by atoms with Gasteiger partial charge in [-0.15, -0.1) is 0 Å². The molecule has 0 spiro atoms. The van der Waals surface area contributed by atoms with Crippen molar-refractivity contribution in [2.45, 2.75) is 26.1 Å². The van der Waals surface area contributed by atoms with Crippen LogP contribution in [0.2, 0.25) is 0 Å². The van der Waals surface area contributed by atoms with Gasteiger partial charge in [0.25, 0.3) is 0 Å². The second kappa shape index (κ2) is 7.50. The van der Waals surface area contributed by atoms with Gasteiger partial charge in [-0.25, -0.2) is 4.79 Å². The van der Waals surface area contributed by atoms with Gasteiger partial charge in [0, 0.05) is 6.08 Å². The first-order chi connectivity index (χ1) is 8.61. The lowest BCUT2D eigenvalue weighted by Crippen LogP contribution is -2.07. The summed E-state index contributed by atoms with van der Waals surface area (Å²) < 4.78 is 10.7. The topological polar surface area (TPSA) is 55.8 Å². The first-order valence-corrected chi connectivity index (χ1v) is 5.76. The van der Waals surface area contributed by atoms with E-state index in [4.69, 9.17) is 14.6 Å². The molecule has 0 heterocycles. The number of carboxylic acid groups (broad SMARTS) is 1. The number of benzene rings is 1. The SMILES string of the molecule is COc1ccc(CO[C@H](C)C/C=C/C(=O)O)cc1. The average Bonchev–Trinajstić information content (AvgIpc) is 2.36. The van der Waals surface area contributed by atoms with Crippen molar-refractivity contribution in [3.8, 4) is 5.75 Å². The van der Waals surface area contributed by atoms with Crippen LogP contribution in [-0.4, -0.2) is 24.3 Å². The van der Waals surface area contributed by atoms with Gasteiger partial charge in [-0.1, -0.05) is 18.2 Å². The fourth-order valence-corrected chi connectivity index (χ4v) is 1.39. The van der Waals surface area contributed by atoms with E-state index in [-0.39, 0.29) is 6.10 Å². The summed E-state index contributed by atoms with van der Waals surface area (Å²) in [5.41, 5.74) is 1.06. The van der Waals surface area contributed by atoms with Gasteiger partial charge >= 0.3 is 5.97 Å². The molecule has 0 aliphatic rings. The Labute approximate surface area is 107 Å². The second-order valence-corrected chi connectivity index (χ2v) is 3.95. The smallest absolute Gasteiger partial charge is 0.327 e. The molecule has 1 rings (SSSR count). The fourth-order valence-electron chi connectivity index (χ4n) is 1.39. The van der Waals surface area contributed by atoms with Gasteiger partial charge in [0.15, 0.2) is 0 Å². The average molecular weight is 250 g/mol. The number of carboxylic acids is 1. The van der Waals surface area contributed by atoms with Crippen LogP contribution in [0.15, 0.2) is 36.4 Å². The van der Waals surface area contributed by atoms with E-state index in [9.17, 15) is 4.79 Å². The molecule has 0 bridgehead atoms. The van der Waals surface area contributed by atoms with Gasteiger partial charge in [0.05, 0.1) is 19.8 Å². The monoisotopic (exact) mass is 250 g/mol. The quantitative estimate of drug-likeness (QED) is 0.756. The molecule has 0 aliphatic carbocycles. The minimum Gasteiger partial charge on any atom is -0.497 e. The Kier molecular flexibility index (Phi) is 5.94. The molecule has 0 unspecified atom stereocenters. The predicted octanol–water partition coefficient (Wildman–Crippen LogP) is 2.63. The minimum atomic E-state index is -0.933. The lowest BCUT2D eigenvalue weighted by Gasteiger charge is -2.11. The first-order valence-electron chi connectivity index (χ1n) is 5.76. The highest BCUT2D eigenvalue weighted by atomic mass is 16.5. The molecule has 18 heavy (non-hydrogen) atoms. The maximum atomic E-state index is 10.3. The molecule has 4 nitrogen and oxygen atoms in total. The van der Waals surface area contributed by atoms with Crippen molar-refractivity contribution in [2.24, 2.45) is 0 Å². The number of rotatable bonds is 7. The Morgan fingerprint density at radius 3 is 2.61 bits per heavy atom. The molecular formula is C14H18O4. The third-order valence-electron chi connectivity index (χ3n) is 2.42. The van der Waals surface area contributed by atoms with Crippen LogP contribution in [0.1, 0.15) is 18.9 Å². The van der Waals surface area contributed by atoms with E-state index < -0.39 is 5.97 Å². The van der Waals surface area contributed by atoms with E-state index in [1.54, 1.807) is 13.2 Å². The van der Waals surface area contributed by atoms with E-state index in [1.807, 2.05) is 31.2 Å². The van der Waals surface area contributed by atoms with Crippen LogP contribution in [0.4, 0.5) is 0 Å². The van der Waals surface area contributed by atoms with Crippen molar-refractivity contribution >= 4 is 5.97 Å². The lowest BCUT2D eigenvalue weighted by molar-refractivity contribution is -0.131. The number of hydrogen-bond donors (Lipinski definition) is 1. The van der Waals surface area contributed by atoms with Crippen molar-refractivity contribution in [1.29, 1.82) is 0 Å². The minimum absolute atomic E-state index is 0.0114. The van der Waals surface area contributed by atoms with Crippen molar-refractivity contribution in [3.63, 3.8) is 0 Å². The van der Waals surface area contributed by atoms with Crippen molar-refractivity contribution < 1.29 is 19.4 Å². The second-order valence-electron chi connectivity index (χ2n) is 3.95. The van der Waals surface area contributed by atoms with Gasteiger partial charge in [-0.2, -0.15) is 0 Å². The van der Waals surface area contributed by atoms with E-state index >= 15 is 0 Å².